The van der Waals surface area contributed by atoms with E-state index in [4.69, 9.17) is 4.74 Å². The van der Waals surface area contributed by atoms with Crippen LogP contribution in [0.15, 0.2) is 42.7 Å². The average molecular weight is 274 g/mol. The van der Waals surface area contributed by atoms with E-state index in [1.54, 1.807) is 24.5 Å². The lowest BCUT2D eigenvalue weighted by atomic mass is 10.0. The summed E-state index contributed by atoms with van der Waals surface area (Å²) in [7, 11) is 1.53. The van der Waals surface area contributed by atoms with Crippen LogP contribution in [0.5, 0.6) is 5.75 Å². The van der Waals surface area contributed by atoms with Gasteiger partial charge in [0.05, 0.1) is 7.11 Å². The molecule has 3 nitrogen and oxygen atoms in total. The molecule has 0 aliphatic heterocycles. The van der Waals surface area contributed by atoms with E-state index in [2.05, 4.69) is 10.3 Å². The fourth-order valence-electron chi connectivity index (χ4n) is 2.20. The quantitative estimate of drug-likeness (QED) is 0.903. The van der Waals surface area contributed by atoms with E-state index in [0.29, 0.717) is 11.3 Å². The van der Waals surface area contributed by atoms with E-state index in [1.165, 1.54) is 13.2 Å². The molecule has 1 aromatic heterocycles. The van der Waals surface area contributed by atoms with Gasteiger partial charge in [-0.05, 0) is 37.6 Å². The van der Waals surface area contributed by atoms with Crippen LogP contribution in [0.3, 0.4) is 0 Å². The minimum atomic E-state index is -0.258. The van der Waals surface area contributed by atoms with Crippen LogP contribution in [-0.4, -0.2) is 12.1 Å². The van der Waals surface area contributed by atoms with Gasteiger partial charge in [0, 0.05) is 36.1 Å². The molecule has 0 spiro atoms. The number of benzene rings is 1. The van der Waals surface area contributed by atoms with Crippen LogP contribution in [0.25, 0.3) is 0 Å². The Balaban J connectivity index is 2.10. The van der Waals surface area contributed by atoms with E-state index in [0.717, 1.165) is 5.56 Å². The van der Waals surface area contributed by atoms with Crippen LogP contribution in [0.4, 0.5) is 4.39 Å². The second-order valence-electron chi connectivity index (χ2n) is 4.78. The summed E-state index contributed by atoms with van der Waals surface area (Å²) in [6.07, 6.45) is 3.51. The molecule has 4 heteroatoms. The maximum atomic E-state index is 14.0. The third-order valence-electron chi connectivity index (χ3n) is 3.38. The highest BCUT2D eigenvalue weighted by Crippen LogP contribution is 2.24. The Morgan fingerprint density at radius 3 is 2.40 bits per heavy atom. The van der Waals surface area contributed by atoms with E-state index in [-0.39, 0.29) is 17.9 Å². The summed E-state index contributed by atoms with van der Waals surface area (Å²) in [5.74, 6) is 0.270. The summed E-state index contributed by atoms with van der Waals surface area (Å²) < 4.78 is 19.0. The number of rotatable bonds is 5. The number of hydrogen-bond donors (Lipinski definition) is 1. The Kier molecular flexibility index (Phi) is 4.69. The van der Waals surface area contributed by atoms with E-state index in [1.807, 2.05) is 26.0 Å². The molecule has 0 aliphatic carbocycles. The fraction of sp³-hybridized carbons (Fsp3) is 0.312. The number of methoxy groups -OCH3 is 1. The third kappa shape index (κ3) is 3.33. The van der Waals surface area contributed by atoms with Crippen molar-refractivity contribution in [2.75, 3.05) is 7.11 Å². The van der Waals surface area contributed by atoms with Crippen LogP contribution in [0.1, 0.15) is 37.1 Å². The van der Waals surface area contributed by atoms with E-state index >= 15 is 0 Å². The van der Waals surface area contributed by atoms with Crippen LogP contribution in [0.2, 0.25) is 0 Å². The van der Waals surface area contributed by atoms with Crippen molar-refractivity contribution in [1.82, 2.24) is 10.3 Å². The Bertz CT molecular complexity index is 560. The molecule has 0 saturated carbocycles. The van der Waals surface area contributed by atoms with Gasteiger partial charge >= 0.3 is 0 Å². The molecule has 2 atom stereocenters. The zero-order valence-corrected chi connectivity index (χ0v) is 11.9. The Hall–Kier alpha value is -1.94. The van der Waals surface area contributed by atoms with E-state index in [9.17, 15) is 4.39 Å². The number of halogens is 1. The second-order valence-corrected chi connectivity index (χ2v) is 4.78. The number of nitrogens with zero attached hydrogens (tertiary/aromatic N) is 1. The highest BCUT2D eigenvalue weighted by molar-refractivity contribution is 5.31. The number of nitrogens with one attached hydrogen (secondary N) is 1. The SMILES string of the molecule is COc1ccc(C(C)N[C@H](C)c2ccncc2)c(F)c1. The predicted octanol–water partition coefficient (Wildman–Crippen LogP) is 3.64. The summed E-state index contributed by atoms with van der Waals surface area (Å²) in [6, 6.07) is 8.87. The lowest BCUT2D eigenvalue weighted by Gasteiger charge is -2.21. The fourth-order valence-corrected chi connectivity index (χ4v) is 2.20. The van der Waals surface area contributed by atoms with Crippen molar-refractivity contribution in [3.63, 3.8) is 0 Å². The Labute approximate surface area is 118 Å². The zero-order chi connectivity index (χ0) is 14.5. The van der Waals surface area contributed by atoms with Crippen molar-refractivity contribution in [2.45, 2.75) is 25.9 Å². The van der Waals surface area contributed by atoms with Crippen LogP contribution < -0.4 is 10.1 Å². The smallest absolute Gasteiger partial charge is 0.131 e. The highest BCUT2D eigenvalue weighted by atomic mass is 19.1. The number of pyridine rings is 1. The first kappa shape index (κ1) is 14.5. The van der Waals surface area contributed by atoms with E-state index < -0.39 is 0 Å². The number of aromatic nitrogens is 1. The molecular formula is C16H19FN2O. The standard InChI is InChI=1S/C16H19FN2O/c1-11(13-6-8-18-9-7-13)19-12(2)15-5-4-14(20-3)10-16(15)17/h4-12,19H,1-3H3/t11-,12?/m1/s1. The number of ether oxygens (including phenoxy) is 1. The van der Waals surface area contributed by atoms with Gasteiger partial charge in [0.25, 0.3) is 0 Å². The first-order valence-corrected chi connectivity index (χ1v) is 6.61. The van der Waals surface area contributed by atoms with Crippen molar-refractivity contribution in [3.8, 4) is 5.75 Å². The molecule has 0 radical (unpaired) electrons. The summed E-state index contributed by atoms with van der Waals surface area (Å²) in [5, 5.41) is 3.38. The van der Waals surface area contributed by atoms with Crippen molar-refractivity contribution in [3.05, 3.63) is 59.7 Å². The van der Waals surface area contributed by atoms with Crippen molar-refractivity contribution >= 4 is 0 Å². The molecular weight excluding hydrogens is 255 g/mol. The molecule has 0 fully saturated rings. The molecule has 0 aliphatic rings. The maximum absolute atomic E-state index is 14.0. The molecule has 1 N–H and O–H groups in total. The normalized spacial score (nSPS) is 13.8. The molecule has 20 heavy (non-hydrogen) atoms. The lowest BCUT2D eigenvalue weighted by molar-refractivity contribution is 0.408. The van der Waals surface area contributed by atoms with Crippen LogP contribution in [-0.2, 0) is 0 Å². The lowest BCUT2D eigenvalue weighted by Crippen LogP contribution is -2.23. The van der Waals surface area contributed by atoms with Crippen molar-refractivity contribution in [1.29, 1.82) is 0 Å². The first-order chi connectivity index (χ1) is 9.61. The summed E-state index contributed by atoms with van der Waals surface area (Å²) >= 11 is 0. The Morgan fingerprint density at radius 1 is 1.10 bits per heavy atom. The molecule has 1 aromatic carbocycles. The van der Waals surface area contributed by atoms with Gasteiger partial charge in [-0.2, -0.15) is 0 Å². The Morgan fingerprint density at radius 2 is 1.80 bits per heavy atom. The second kappa shape index (κ2) is 6.48. The van der Waals surface area contributed by atoms with Crippen LogP contribution >= 0.6 is 0 Å². The van der Waals surface area contributed by atoms with Gasteiger partial charge in [0.15, 0.2) is 0 Å². The van der Waals surface area contributed by atoms with Gasteiger partial charge in [-0.1, -0.05) is 6.07 Å². The minimum Gasteiger partial charge on any atom is -0.497 e. The van der Waals surface area contributed by atoms with Gasteiger partial charge in [0.2, 0.25) is 0 Å². The van der Waals surface area contributed by atoms with Gasteiger partial charge in [-0.3, -0.25) is 4.98 Å². The molecule has 2 rings (SSSR count). The molecule has 0 bridgehead atoms. The summed E-state index contributed by atoms with van der Waals surface area (Å²) in [6.45, 7) is 4.00. The first-order valence-electron chi connectivity index (χ1n) is 6.61. The average Bonchev–Trinajstić information content (AvgIpc) is 2.47. The van der Waals surface area contributed by atoms with Gasteiger partial charge in [0.1, 0.15) is 11.6 Å². The van der Waals surface area contributed by atoms with Gasteiger partial charge in [-0.15, -0.1) is 0 Å². The molecule has 1 unspecified atom stereocenters. The molecule has 2 aromatic rings. The van der Waals surface area contributed by atoms with Crippen molar-refractivity contribution < 1.29 is 9.13 Å². The largest absolute Gasteiger partial charge is 0.497 e. The van der Waals surface area contributed by atoms with Crippen LogP contribution in [0, 0.1) is 5.82 Å². The van der Waals surface area contributed by atoms with Gasteiger partial charge in [-0.25, -0.2) is 4.39 Å². The minimum absolute atomic E-state index is 0.0935. The third-order valence-corrected chi connectivity index (χ3v) is 3.38. The topological polar surface area (TPSA) is 34.1 Å². The van der Waals surface area contributed by atoms with Crippen molar-refractivity contribution in [2.24, 2.45) is 0 Å². The monoisotopic (exact) mass is 274 g/mol. The molecule has 106 valence electrons. The number of hydrogen-bond acceptors (Lipinski definition) is 3. The highest BCUT2D eigenvalue weighted by Gasteiger charge is 2.15. The zero-order valence-electron chi connectivity index (χ0n) is 11.9. The molecule has 0 amide bonds. The maximum Gasteiger partial charge on any atom is 0.131 e. The van der Waals surface area contributed by atoms with Gasteiger partial charge < -0.3 is 10.1 Å². The molecule has 1 heterocycles. The summed E-state index contributed by atoms with van der Waals surface area (Å²) in [5.41, 5.74) is 1.76. The molecule has 0 saturated heterocycles. The predicted molar refractivity (Wildman–Crippen MR) is 77.2 cm³/mol. The summed E-state index contributed by atoms with van der Waals surface area (Å²) in [4.78, 5) is 4.00.